The summed E-state index contributed by atoms with van der Waals surface area (Å²) in [4.78, 5) is 7.40. The van der Waals surface area contributed by atoms with Gasteiger partial charge in [0.05, 0.1) is 19.9 Å². The van der Waals surface area contributed by atoms with Crippen molar-refractivity contribution in [2.45, 2.75) is 24.8 Å². The number of anilines is 1. The van der Waals surface area contributed by atoms with Crippen LogP contribution in [0.5, 0.6) is 5.75 Å². The van der Waals surface area contributed by atoms with Gasteiger partial charge in [-0.1, -0.05) is 19.1 Å². The predicted octanol–water partition coefficient (Wildman–Crippen LogP) is 1.27. The summed E-state index contributed by atoms with van der Waals surface area (Å²) in [6.45, 7) is 4.83. The Morgan fingerprint density at radius 3 is 2.86 bits per heavy atom. The van der Waals surface area contributed by atoms with Crippen LogP contribution in [0.2, 0.25) is 0 Å². The second-order valence-electron chi connectivity index (χ2n) is 5.98. The molecule has 1 saturated carbocycles. The highest BCUT2D eigenvalue weighted by molar-refractivity contribution is 5.76. The quantitative estimate of drug-likeness (QED) is 0.585. The van der Waals surface area contributed by atoms with Crippen molar-refractivity contribution in [2.75, 3.05) is 38.8 Å². The molecule has 1 aliphatic heterocycles. The molecule has 2 aliphatic rings. The maximum absolute atomic E-state index is 6.15. The molecule has 1 heterocycles. The number of benzene rings is 1. The number of nitrogens with one attached hydrogen (secondary N) is 1. The Hall–Kier alpha value is -1.30. The Kier molecular flexibility index (Phi) is 3.82. The average Bonchev–Trinajstić information content (AvgIpc) is 2.99. The van der Waals surface area contributed by atoms with E-state index in [1.807, 2.05) is 6.07 Å². The smallest absolute Gasteiger partial charge is 0.142 e. The van der Waals surface area contributed by atoms with Gasteiger partial charge in [0.1, 0.15) is 5.75 Å². The Bertz CT molecular complexity index is 522. The number of nitrogens with two attached hydrogens (primary N) is 1. The minimum atomic E-state index is 0.124. The normalized spacial score (nSPS) is 29.2. The second kappa shape index (κ2) is 5.48. The van der Waals surface area contributed by atoms with Gasteiger partial charge in [-0.2, -0.15) is 0 Å². The molecule has 0 radical (unpaired) electrons. The van der Waals surface area contributed by atoms with Crippen molar-refractivity contribution in [1.29, 1.82) is 0 Å². The number of hydrogen-bond acceptors (Lipinski definition) is 5. The Morgan fingerprint density at radius 2 is 2.19 bits per heavy atom. The number of rotatable bonds is 7. The van der Waals surface area contributed by atoms with Gasteiger partial charge in [0.2, 0.25) is 0 Å². The molecule has 3 unspecified atom stereocenters. The molecule has 5 heteroatoms. The molecule has 0 amide bonds. The third-order valence-corrected chi connectivity index (χ3v) is 5.21. The largest absolute Gasteiger partial charge is 0.495 e. The van der Waals surface area contributed by atoms with Crippen molar-refractivity contribution in [3.8, 4) is 5.75 Å². The lowest BCUT2D eigenvalue weighted by Gasteiger charge is -2.25. The van der Waals surface area contributed by atoms with Gasteiger partial charge < -0.3 is 20.2 Å². The molecule has 3 rings (SSSR count). The molecule has 3 atom stereocenters. The van der Waals surface area contributed by atoms with E-state index in [0.717, 1.165) is 25.3 Å². The van der Waals surface area contributed by atoms with Crippen molar-refractivity contribution >= 4 is 5.69 Å². The average molecular weight is 291 g/mol. The predicted molar refractivity (Wildman–Crippen MR) is 83.7 cm³/mol. The lowest BCUT2D eigenvalue weighted by atomic mass is 9.93. The van der Waals surface area contributed by atoms with E-state index in [4.69, 9.17) is 15.3 Å². The first-order valence-electron chi connectivity index (χ1n) is 7.62. The number of ether oxygens (including phenoxy) is 1. The minimum absolute atomic E-state index is 0.124. The van der Waals surface area contributed by atoms with Crippen molar-refractivity contribution in [3.63, 3.8) is 0 Å². The molecular formula is C16H25N3O2. The van der Waals surface area contributed by atoms with Gasteiger partial charge in [-0.25, -0.2) is 5.48 Å². The van der Waals surface area contributed by atoms with Gasteiger partial charge in [0.25, 0.3) is 0 Å². The van der Waals surface area contributed by atoms with Crippen molar-refractivity contribution in [2.24, 2.45) is 11.7 Å². The Morgan fingerprint density at radius 1 is 1.38 bits per heavy atom. The van der Waals surface area contributed by atoms with E-state index < -0.39 is 0 Å². The lowest BCUT2D eigenvalue weighted by Crippen LogP contribution is -2.30. The molecule has 5 nitrogen and oxygen atoms in total. The summed E-state index contributed by atoms with van der Waals surface area (Å²) in [7, 11) is 3.39. The third kappa shape index (κ3) is 1.95. The van der Waals surface area contributed by atoms with Crippen molar-refractivity contribution in [1.82, 2.24) is 5.48 Å². The second-order valence-corrected chi connectivity index (χ2v) is 5.98. The standard InChI is InChI=1S/C16H25N3O2/c1-11-15-16(11,10-17)12-6-4-7-13(20-2)14(12)19(15)9-5-8-18-21-3/h4,6-7,11,15,18H,5,8-10,17H2,1-3H3. The number of methoxy groups -OCH3 is 1. The van der Waals surface area contributed by atoms with E-state index in [1.165, 1.54) is 11.3 Å². The molecule has 3 N–H and O–H groups in total. The number of hydrogen-bond donors (Lipinski definition) is 2. The zero-order valence-electron chi connectivity index (χ0n) is 13.1. The first-order valence-corrected chi connectivity index (χ1v) is 7.62. The minimum Gasteiger partial charge on any atom is -0.495 e. The highest BCUT2D eigenvalue weighted by atomic mass is 16.6. The molecule has 21 heavy (non-hydrogen) atoms. The zero-order valence-corrected chi connectivity index (χ0v) is 13.1. The zero-order chi connectivity index (χ0) is 15.0. The third-order valence-electron chi connectivity index (χ3n) is 5.21. The van der Waals surface area contributed by atoms with Crippen LogP contribution in [-0.2, 0) is 10.3 Å². The van der Waals surface area contributed by atoms with E-state index in [9.17, 15) is 0 Å². The van der Waals surface area contributed by atoms with E-state index >= 15 is 0 Å². The van der Waals surface area contributed by atoms with E-state index in [1.54, 1.807) is 14.2 Å². The topological polar surface area (TPSA) is 59.8 Å². The fourth-order valence-electron chi connectivity index (χ4n) is 4.15. The summed E-state index contributed by atoms with van der Waals surface area (Å²) in [6, 6.07) is 6.84. The Labute approximate surface area is 126 Å². The molecule has 0 bridgehead atoms. The number of para-hydroxylation sites is 1. The first-order chi connectivity index (χ1) is 10.2. The van der Waals surface area contributed by atoms with Gasteiger partial charge >= 0.3 is 0 Å². The molecule has 1 aromatic rings. The van der Waals surface area contributed by atoms with Crippen molar-refractivity contribution in [3.05, 3.63) is 23.8 Å². The number of fused-ring (bicyclic) bond motifs is 3. The summed E-state index contributed by atoms with van der Waals surface area (Å²) < 4.78 is 5.59. The van der Waals surface area contributed by atoms with Gasteiger partial charge in [-0.05, 0) is 24.0 Å². The van der Waals surface area contributed by atoms with Crippen LogP contribution >= 0.6 is 0 Å². The summed E-state index contributed by atoms with van der Waals surface area (Å²) >= 11 is 0. The molecule has 1 aliphatic carbocycles. The molecule has 1 aromatic carbocycles. The highest BCUT2D eigenvalue weighted by Crippen LogP contribution is 2.66. The highest BCUT2D eigenvalue weighted by Gasteiger charge is 2.69. The van der Waals surface area contributed by atoms with Crippen molar-refractivity contribution < 1.29 is 9.57 Å². The molecular weight excluding hydrogens is 266 g/mol. The summed E-state index contributed by atoms with van der Waals surface area (Å²) in [5.41, 5.74) is 11.8. The van der Waals surface area contributed by atoms with Gasteiger partial charge in [0, 0.05) is 31.1 Å². The van der Waals surface area contributed by atoms with Crippen LogP contribution in [0.25, 0.3) is 0 Å². The maximum Gasteiger partial charge on any atom is 0.142 e. The van der Waals surface area contributed by atoms with Gasteiger partial charge in [-0.15, -0.1) is 0 Å². The van der Waals surface area contributed by atoms with Gasteiger partial charge in [-0.3, -0.25) is 0 Å². The monoisotopic (exact) mass is 291 g/mol. The van der Waals surface area contributed by atoms with Crippen LogP contribution in [0.4, 0.5) is 5.69 Å². The molecule has 0 spiro atoms. The molecule has 116 valence electrons. The Balaban J connectivity index is 1.89. The van der Waals surface area contributed by atoms with Crippen LogP contribution < -0.4 is 20.9 Å². The van der Waals surface area contributed by atoms with Crippen LogP contribution in [0.3, 0.4) is 0 Å². The van der Waals surface area contributed by atoms with E-state index in [2.05, 4.69) is 29.4 Å². The molecule has 1 fully saturated rings. The summed E-state index contributed by atoms with van der Waals surface area (Å²) in [5.74, 6) is 1.57. The van der Waals surface area contributed by atoms with Crippen LogP contribution in [0, 0.1) is 5.92 Å². The summed E-state index contributed by atoms with van der Waals surface area (Å²) in [5, 5.41) is 0. The van der Waals surface area contributed by atoms with Crippen LogP contribution in [0.15, 0.2) is 18.2 Å². The molecule has 0 aromatic heterocycles. The summed E-state index contributed by atoms with van der Waals surface area (Å²) in [6.07, 6.45) is 1.02. The van der Waals surface area contributed by atoms with E-state index in [-0.39, 0.29) is 5.41 Å². The van der Waals surface area contributed by atoms with Crippen LogP contribution in [-0.4, -0.2) is 39.9 Å². The first kappa shape index (κ1) is 14.6. The fraction of sp³-hybridized carbons (Fsp3) is 0.625. The van der Waals surface area contributed by atoms with E-state index in [0.29, 0.717) is 18.5 Å². The molecule has 0 saturated heterocycles. The van der Waals surface area contributed by atoms with Crippen LogP contribution in [0.1, 0.15) is 18.9 Å². The van der Waals surface area contributed by atoms with Gasteiger partial charge in [0.15, 0.2) is 0 Å². The number of hydroxylamine groups is 1. The maximum atomic E-state index is 6.15. The SMILES string of the molecule is CONCCCN1c2c(OC)cccc2C2(CN)C(C)C12. The lowest BCUT2D eigenvalue weighted by molar-refractivity contribution is 0.0914. The fourth-order valence-corrected chi connectivity index (χ4v) is 4.15. The number of nitrogens with zero attached hydrogens (tertiary/aromatic N) is 1.